The van der Waals surface area contributed by atoms with Crippen molar-refractivity contribution >= 4 is 47.1 Å². The number of quaternary nitrogens is 2. The Kier molecular flexibility index (Phi) is 17.4. The van der Waals surface area contributed by atoms with Crippen LogP contribution in [0, 0.1) is 0 Å². The van der Waals surface area contributed by atoms with Gasteiger partial charge in [-0.3, -0.25) is 0 Å². The Labute approximate surface area is 312 Å². The third-order valence-corrected chi connectivity index (χ3v) is 14.4. The fraction of sp³-hybridized carbons (Fsp3) is 0.561. The average molecular weight is 737 g/mol. The van der Waals surface area contributed by atoms with E-state index in [9.17, 15) is 10.0 Å². The van der Waals surface area contributed by atoms with E-state index in [1.54, 1.807) is 0 Å². The Balaban J connectivity index is 0.00000109. The third kappa shape index (κ3) is 17.1. The first-order valence-electron chi connectivity index (χ1n) is 18.4. The SMILES string of the molecule is C[N+](C)(C)C.C[N+](C)(C)C.C[Si](C)(C)c1ccc(C(CCCCCOB([O-])[O-])(c2ccc([Si](C)(C)C)cc2)c2ccc([Si](C)(C)C)cc2)cc1. The molecule has 0 aliphatic carbocycles. The summed E-state index contributed by atoms with van der Waals surface area (Å²) in [6, 6.07) is 28.4. The van der Waals surface area contributed by atoms with Gasteiger partial charge in [-0.15, -0.1) is 0 Å². The van der Waals surface area contributed by atoms with Crippen LogP contribution in [0.3, 0.4) is 0 Å². The first kappa shape index (κ1) is 46.2. The smallest absolute Gasteiger partial charge is 0.0775 e. The molecule has 0 spiro atoms. The second-order valence-electron chi connectivity index (χ2n) is 19.7. The second-order valence-corrected chi connectivity index (χ2v) is 35.0. The van der Waals surface area contributed by atoms with Crippen molar-refractivity contribution in [3.63, 3.8) is 0 Å². The van der Waals surface area contributed by atoms with Crippen LogP contribution in [0.5, 0.6) is 0 Å². The van der Waals surface area contributed by atoms with Crippen molar-refractivity contribution in [1.29, 1.82) is 0 Å². The molecule has 3 aromatic rings. The van der Waals surface area contributed by atoms with E-state index in [0.717, 1.165) is 34.6 Å². The second kappa shape index (κ2) is 18.8. The molecule has 280 valence electrons. The maximum Gasteiger partial charge on any atom is 0.0775 e. The number of nitrogens with zero attached hydrogens (tertiary/aromatic N) is 2. The van der Waals surface area contributed by atoms with Gasteiger partial charge in [-0.05, 0) is 29.5 Å². The van der Waals surface area contributed by atoms with Crippen molar-refractivity contribution in [3.8, 4) is 0 Å². The molecule has 0 bridgehead atoms. The summed E-state index contributed by atoms with van der Waals surface area (Å²) in [7, 11) is 10.5. The highest BCUT2D eigenvalue weighted by atomic mass is 28.3. The lowest BCUT2D eigenvalue weighted by Crippen LogP contribution is -2.47. The molecule has 0 amide bonds. The van der Waals surface area contributed by atoms with Gasteiger partial charge in [-0.2, -0.15) is 0 Å². The van der Waals surface area contributed by atoms with Crippen molar-refractivity contribution in [1.82, 2.24) is 0 Å². The Morgan fingerprint density at radius 3 is 0.960 bits per heavy atom. The maximum absolute atomic E-state index is 10.8. The zero-order chi connectivity index (χ0) is 38.8. The molecule has 0 aromatic heterocycles. The van der Waals surface area contributed by atoms with Crippen LogP contribution in [0.4, 0.5) is 0 Å². The zero-order valence-electron chi connectivity index (χ0n) is 35.2. The molecule has 0 heterocycles. The number of unbranched alkanes of at least 4 members (excludes halogenated alkanes) is 2. The number of benzene rings is 3. The van der Waals surface area contributed by atoms with Gasteiger partial charge in [-0.1, -0.05) is 160 Å². The molecule has 3 aromatic carbocycles. The molecular formula is C41H73BN2O3Si3. The topological polar surface area (TPSA) is 55.3 Å². The van der Waals surface area contributed by atoms with Gasteiger partial charge in [0.25, 0.3) is 0 Å². The lowest BCUT2D eigenvalue weighted by Gasteiger charge is -2.37. The minimum Gasteiger partial charge on any atom is -0.871 e. The number of hydrogen-bond acceptors (Lipinski definition) is 3. The molecule has 50 heavy (non-hydrogen) atoms. The van der Waals surface area contributed by atoms with Crippen LogP contribution >= 0.6 is 0 Å². The maximum atomic E-state index is 10.8. The standard InChI is InChI=1S/C33H49BO3Si3.2C4H12N/c1-38(2,3)30-19-13-27(14-20-30)33(25-11-10-12-26-37-34(35)36,28-15-21-31(22-16-28)39(4,5)6)29-17-23-32(24-18-29)40(7,8)9;2*1-5(2,3)4/h13-24H,10-12,25-26H2,1-9H3;2*1-4H3/q-2;2*+1. The summed E-state index contributed by atoms with van der Waals surface area (Å²) >= 11 is 0. The normalized spacial score (nSPS) is 12.8. The van der Waals surface area contributed by atoms with Crippen LogP contribution in [-0.2, 0) is 10.1 Å². The predicted molar refractivity (Wildman–Crippen MR) is 226 cm³/mol. The summed E-state index contributed by atoms with van der Waals surface area (Å²) in [6.07, 6.45) is 3.53. The summed E-state index contributed by atoms with van der Waals surface area (Å²) in [5.74, 6) is 0. The molecule has 0 atom stereocenters. The first-order chi connectivity index (χ1) is 22.5. The lowest BCUT2D eigenvalue weighted by atomic mass is 9.66. The largest absolute Gasteiger partial charge is 0.871 e. The van der Waals surface area contributed by atoms with Gasteiger partial charge in [0.05, 0.1) is 87.9 Å². The molecule has 0 N–H and O–H groups in total. The minimum atomic E-state index is -2.20. The van der Waals surface area contributed by atoms with Crippen molar-refractivity contribution in [2.24, 2.45) is 0 Å². The summed E-state index contributed by atoms with van der Waals surface area (Å²) in [5, 5.41) is 26.0. The van der Waals surface area contributed by atoms with E-state index >= 15 is 0 Å². The summed E-state index contributed by atoms with van der Waals surface area (Å²) in [6.45, 7) is 21.8. The average Bonchev–Trinajstić information content (AvgIpc) is 2.94. The highest BCUT2D eigenvalue weighted by Crippen LogP contribution is 2.43. The van der Waals surface area contributed by atoms with Crippen LogP contribution in [-0.4, -0.2) is 103 Å². The van der Waals surface area contributed by atoms with E-state index in [0.29, 0.717) is 0 Å². The van der Waals surface area contributed by atoms with Gasteiger partial charge in [0, 0.05) is 12.0 Å². The van der Waals surface area contributed by atoms with Crippen LogP contribution < -0.4 is 25.6 Å². The van der Waals surface area contributed by atoms with E-state index in [-0.39, 0.29) is 12.0 Å². The Bertz CT molecular complexity index is 1230. The van der Waals surface area contributed by atoms with Crippen molar-refractivity contribution in [2.45, 2.75) is 90.0 Å². The van der Waals surface area contributed by atoms with Crippen LogP contribution in [0.2, 0.25) is 58.9 Å². The molecule has 3 rings (SSSR count). The van der Waals surface area contributed by atoms with Crippen molar-refractivity contribution in [2.75, 3.05) is 63.0 Å². The monoisotopic (exact) mass is 737 g/mol. The Hall–Kier alpha value is -1.82. The van der Waals surface area contributed by atoms with E-state index in [1.807, 2.05) is 0 Å². The van der Waals surface area contributed by atoms with Crippen molar-refractivity contribution < 1.29 is 23.7 Å². The van der Waals surface area contributed by atoms with Gasteiger partial charge in [0.1, 0.15) is 0 Å². The summed E-state index contributed by atoms with van der Waals surface area (Å²) in [5.41, 5.74) is 3.68. The molecule has 0 aliphatic rings. The van der Waals surface area contributed by atoms with E-state index < -0.39 is 31.5 Å². The Morgan fingerprint density at radius 2 is 0.740 bits per heavy atom. The Morgan fingerprint density at radius 1 is 0.480 bits per heavy atom. The summed E-state index contributed by atoms with van der Waals surface area (Å²) in [4.78, 5) is 0. The zero-order valence-corrected chi connectivity index (χ0v) is 38.2. The molecular weight excluding hydrogens is 664 g/mol. The van der Waals surface area contributed by atoms with Gasteiger partial charge in [-0.25, -0.2) is 0 Å². The molecule has 9 heteroatoms. The molecule has 0 radical (unpaired) electrons. The number of hydrogen-bond donors (Lipinski definition) is 0. The minimum absolute atomic E-state index is 0.228. The van der Waals surface area contributed by atoms with Gasteiger partial charge < -0.3 is 23.7 Å². The van der Waals surface area contributed by atoms with E-state index in [1.165, 1.54) is 32.3 Å². The fourth-order valence-electron chi connectivity index (χ4n) is 5.55. The molecule has 5 nitrogen and oxygen atoms in total. The van der Waals surface area contributed by atoms with Gasteiger partial charge >= 0.3 is 0 Å². The van der Waals surface area contributed by atoms with Crippen LogP contribution in [0.25, 0.3) is 0 Å². The van der Waals surface area contributed by atoms with Crippen molar-refractivity contribution in [3.05, 3.63) is 89.5 Å². The fourth-order valence-corrected chi connectivity index (χ4v) is 9.05. The quantitative estimate of drug-likeness (QED) is 0.0997. The lowest BCUT2D eigenvalue weighted by molar-refractivity contribution is -0.849. The predicted octanol–water partition coefficient (Wildman–Crippen LogP) is 5.58. The van der Waals surface area contributed by atoms with Gasteiger partial charge in [0.15, 0.2) is 0 Å². The first-order valence-corrected chi connectivity index (χ1v) is 28.9. The van der Waals surface area contributed by atoms with Crippen LogP contribution in [0.15, 0.2) is 72.8 Å². The van der Waals surface area contributed by atoms with E-state index in [2.05, 4.69) is 188 Å². The summed E-state index contributed by atoms with van der Waals surface area (Å²) < 4.78 is 6.76. The van der Waals surface area contributed by atoms with E-state index in [4.69, 9.17) is 4.65 Å². The molecule has 0 fully saturated rings. The van der Waals surface area contributed by atoms with Crippen LogP contribution in [0.1, 0.15) is 42.4 Å². The van der Waals surface area contributed by atoms with Gasteiger partial charge in [0.2, 0.25) is 0 Å². The highest BCUT2D eigenvalue weighted by Gasteiger charge is 2.37. The molecule has 0 aliphatic heterocycles. The molecule has 0 saturated carbocycles. The highest BCUT2D eigenvalue weighted by molar-refractivity contribution is 6.89. The number of rotatable bonds is 13. The molecule has 0 saturated heterocycles. The molecule has 0 unspecified atom stereocenters. The third-order valence-electron chi connectivity index (χ3n) is 8.18.